The maximum absolute atomic E-state index is 13.7. The summed E-state index contributed by atoms with van der Waals surface area (Å²) in [5, 5.41) is 0. The van der Waals surface area contributed by atoms with E-state index >= 15 is 0 Å². The monoisotopic (exact) mass is 322 g/mol. The van der Waals surface area contributed by atoms with Crippen LogP contribution in [0.4, 0.5) is 4.39 Å². The molecule has 0 fully saturated rings. The summed E-state index contributed by atoms with van der Waals surface area (Å²) in [6.07, 6.45) is 0.466. The molecule has 0 amide bonds. The highest BCUT2D eigenvalue weighted by molar-refractivity contribution is 9.10. The quantitative estimate of drug-likeness (QED) is 0.932. The zero-order valence-corrected chi connectivity index (χ0v) is 12.5. The van der Waals surface area contributed by atoms with E-state index < -0.39 is 0 Å². The fraction of sp³-hybridized carbons (Fsp3) is 0.267. The van der Waals surface area contributed by atoms with Gasteiger partial charge in [-0.15, -0.1) is 0 Å². The molecule has 0 radical (unpaired) electrons. The van der Waals surface area contributed by atoms with Crippen LogP contribution in [0.25, 0.3) is 0 Å². The maximum Gasteiger partial charge on any atom is 0.126 e. The molecule has 0 saturated heterocycles. The van der Waals surface area contributed by atoms with Crippen molar-refractivity contribution in [2.24, 2.45) is 5.73 Å². The van der Waals surface area contributed by atoms with Crippen LogP contribution in [0.15, 0.2) is 34.8 Å². The molecule has 19 heavy (non-hydrogen) atoms. The highest BCUT2D eigenvalue weighted by Crippen LogP contribution is 2.22. The van der Waals surface area contributed by atoms with Gasteiger partial charge < -0.3 is 5.73 Å². The fourth-order valence-corrected chi connectivity index (χ4v) is 2.54. The first kappa shape index (κ1) is 14.2. The average Bonchev–Trinajstić information content (AvgIpc) is 2.32. The van der Waals surface area contributed by atoms with E-state index in [4.69, 9.17) is 5.73 Å². The van der Waals surface area contributed by atoms with Crippen LogP contribution in [0.1, 0.15) is 28.6 Å². The van der Waals surface area contributed by atoms with Gasteiger partial charge in [-0.25, -0.2) is 4.39 Å². The Labute approximate surface area is 121 Å². The van der Waals surface area contributed by atoms with Gasteiger partial charge in [-0.2, -0.15) is 0 Å². The first-order valence-corrected chi connectivity index (χ1v) is 6.89. The second-order valence-electron chi connectivity index (χ2n) is 4.73. The summed E-state index contributed by atoms with van der Waals surface area (Å²) >= 11 is 3.35. The summed E-state index contributed by atoms with van der Waals surface area (Å²) in [5.41, 5.74) is 9.65. The lowest BCUT2D eigenvalue weighted by Gasteiger charge is -2.14. The van der Waals surface area contributed by atoms with Gasteiger partial charge in [0.2, 0.25) is 0 Å². The Kier molecular flexibility index (Phi) is 4.32. The van der Waals surface area contributed by atoms with E-state index in [1.54, 1.807) is 12.1 Å². The Morgan fingerprint density at radius 1 is 1.21 bits per heavy atom. The highest BCUT2D eigenvalue weighted by atomic mass is 79.9. The molecule has 1 aromatic heterocycles. The Balaban J connectivity index is 2.25. The molecular formula is C15H16BrFN2. The van der Waals surface area contributed by atoms with Gasteiger partial charge in [0.15, 0.2) is 0 Å². The summed E-state index contributed by atoms with van der Waals surface area (Å²) in [4.78, 5) is 4.32. The number of pyridine rings is 1. The summed E-state index contributed by atoms with van der Waals surface area (Å²) in [5.74, 6) is -0.221. The minimum atomic E-state index is -0.232. The highest BCUT2D eigenvalue weighted by Gasteiger charge is 2.12. The predicted octanol–water partition coefficient (Wildman–Crippen LogP) is 3.84. The topological polar surface area (TPSA) is 38.9 Å². The van der Waals surface area contributed by atoms with E-state index in [-0.39, 0.29) is 11.9 Å². The second kappa shape index (κ2) is 5.80. The van der Waals surface area contributed by atoms with Crippen LogP contribution in [0.2, 0.25) is 0 Å². The lowest BCUT2D eigenvalue weighted by atomic mass is 9.99. The minimum Gasteiger partial charge on any atom is -0.324 e. The van der Waals surface area contributed by atoms with Gasteiger partial charge in [-0.05, 0) is 61.7 Å². The number of hydrogen-bond donors (Lipinski definition) is 1. The number of nitrogens with zero attached hydrogens (tertiary/aromatic N) is 1. The number of rotatable bonds is 3. The molecule has 4 heteroatoms. The third-order valence-corrected chi connectivity index (χ3v) is 3.47. The van der Waals surface area contributed by atoms with Gasteiger partial charge in [-0.1, -0.05) is 15.9 Å². The SMILES string of the molecule is Cc1cc(C(N)Cc2cc(Br)ccc2F)cc(C)n1. The van der Waals surface area contributed by atoms with Gasteiger partial charge in [0.25, 0.3) is 0 Å². The smallest absolute Gasteiger partial charge is 0.126 e. The Morgan fingerprint density at radius 2 is 1.84 bits per heavy atom. The summed E-state index contributed by atoms with van der Waals surface area (Å²) in [6.45, 7) is 3.87. The predicted molar refractivity (Wildman–Crippen MR) is 78.4 cm³/mol. The molecule has 1 unspecified atom stereocenters. The third kappa shape index (κ3) is 3.61. The molecule has 2 N–H and O–H groups in total. The van der Waals surface area contributed by atoms with Crippen molar-refractivity contribution >= 4 is 15.9 Å². The van der Waals surface area contributed by atoms with Crippen molar-refractivity contribution in [3.05, 3.63) is 63.1 Å². The zero-order chi connectivity index (χ0) is 14.0. The molecule has 1 aromatic carbocycles. The Morgan fingerprint density at radius 3 is 2.47 bits per heavy atom. The molecule has 0 spiro atoms. The van der Waals surface area contributed by atoms with E-state index in [9.17, 15) is 4.39 Å². The van der Waals surface area contributed by atoms with Crippen molar-refractivity contribution in [2.45, 2.75) is 26.3 Å². The summed E-state index contributed by atoms with van der Waals surface area (Å²) in [7, 11) is 0. The molecule has 0 aliphatic carbocycles. The lowest BCUT2D eigenvalue weighted by Crippen LogP contribution is -2.15. The van der Waals surface area contributed by atoms with Crippen molar-refractivity contribution in [1.29, 1.82) is 0 Å². The van der Waals surface area contributed by atoms with Crippen LogP contribution >= 0.6 is 15.9 Å². The van der Waals surface area contributed by atoms with E-state index in [0.29, 0.717) is 12.0 Å². The number of hydrogen-bond acceptors (Lipinski definition) is 2. The number of halogens is 2. The first-order valence-electron chi connectivity index (χ1n) is 6.10. The third-order valence-electron chi connectivity index (χ3n) is 2.98. The lowest BCUT2D eigenvalue weighted by molar-refractivity contribution is 0.592. The standard InChI is InChI=1S/C15H16BrFN2/c1-9-5-12(6-10(2)19-9)15(18)8-11-7-13(16)3-4-14(11)17/h3-7,15H,8,18H2,1-2H3. The molecule has 2 nitrogen and oxygen atoms in total. The molecular weight excluding hydrogens is 307 g/mol. The van der Waals surface area contributed by atoms with Crippen LogP contribution < -0.4 is 5.73 Å². The molecule has 0 bridgehead atoms. The number of aryl methyl sites for hydroxylation is 2. The van der Waals surface area contributed by atoms with E-state index in [1.807, 2.05) is 26.0 Å². The summed E-state index contributed by atoms with van der Waals surface area (Å²) < 4.78 is 14.6. The number of aromatic nitrogens is 1. The second-order valence-corrected chi connectivity index (χ2v) is 5.65. The largest absolute Gasteiger partial charge is 0.324 e. The van der Waals surface area contributed by atoms with Gasteiger partial charge in [0, 0.05) is 21.9 Å². The minimum absolute atomic E-state index is 0.221. The summed E-state index contributed by atoms with van der Waals surface area (Å²) in [6, 6.07) is 8.58. The van der Waals surface area contributed by atoms with Gasteiger partial charge >= 0.3 is 0 Å². The van der Waals surface area contributed by atoms with Crippen molar-refractivity contribution in [2.75, 3.05) is 0 Å². The average molecular weight is 323 g/mol. The molecule has 0 aliphatic heterocycles. The van der Waals surface area contributed by atoms with Gasteiger partial charge in [-0.3, -0.25) is 4.98 Å². The van der Waals surface area contributed by atoms with Crippen LogP contribution in [-0.4, -0.2) is 4.98 Å². The van der Waals surface area contributed by atoms with Crippen molar-refractivity contribution in [1.82, 2.24) is 4.98 Å². The van der Waals surface area contributed by atoms with Crippen molar-refractivity contribution in [3.63, 3.8) is 0 Å². The normalized spacial score (nSPS) is 12.5. The van der Waals surface area contributed by atoms with E-state index in [1.165, 1.54) is 6.07 Å². The Hall–Kier alpha value is -1.26. The zero-order valence-electron chi connectivity index (χ0n) is 11.0. The van der Waals surface area contributed by atoms with Gasteiger partial charge in [0.1, 0.15) is 5.82 Å². The number of nitrogens with two attached hydrogens (primary N) is 1. The molecule has 0 aliphatic rings. The van der Waals surface area contributed by atoms with Gasteiger partial charge in [0.05, 0.1) is 0 Å². The molecule has 1 atom stereocenters. The molecule has 0 saturated carbocycles. The number of benzene rings is 1. The maximum atomic E-state index is 13.7. The van der Waals surface area contributed by atoms with Crippen molar-refractivity contribution < 1.29 is 4.39 Å². The first-order chi connectivity index (χ1) is 8.95. The molecule has 100 valence electrons. The molecule has 1 heterocycles. The Bertz CT molecular complexity index is 578. The van der Waals surface area contributed by atoms with Crippen LogP contribution in [0.5, 0.6) is 0 Å². The molecule has 2 rings (SSSR count). The fourth-order valence-electron chi connectivity index (χ4n) is 2.14. The van der Waals surface area contributed by atoms with Crippen molar-refractivity contribution in [3.8, 4) is 0 Å². The van der Waals surface area contributed by atoms with E-state index in [2.05, 4.69) is 20.9 Å². The van der Waals surface area contributed by atoms with Crippen LogP contribution in [0.3, 0.4) is 0 Å². The van der Waals surface area contributed by atoms with Crippen LogP contribution in [-0.2, 0) is 6.42 Å². The van der Waals surface area contributed by atoms with Crippen LogP contribution in [0, 0.1) is 19.7 Å². The van der Waals surface area contributed by atoms with E-state index in [0.717, 1.165) is 21.4 Å². The molecule has 2 aromatic rings.